The lowest BCUT2D eigenvalue weighted by atomic mass is 10.1. The number of rotatable bonds is 6. The van der Waals surface area contributed by atoms with Crippen LogP contribution in [0.25, 0.3) is 0 Å². The molecule has 0 saturated carbocycles. The fourth-order valence-electron chi connectivity index (χ4n) is 1.47. The van der Waals surface area contributed by atoms with Crippen molar-refractivity contribution >= 4 is 0 Å². The van der Waals surface area contributed by atoms with E-state index in [4.69, 9.17) is 4.74 Å². The Labute approximate surface area is 96.8 Å². The lowest BCUT2D eigenvalue weighted by Gasteiger charge is -2.11. The van der Waals surface area contributed by atoms with Crippen LogP contribution in [0.2, 0.25) is 0 Å². The van der Waals surface area contributed by atoms with Gasteiger partial charge in [-0.05, 0) is 44.0 Å². The standard InChI is InChI=1S/C13H20FNO/c1-4-10(2)15-8-7-11-5-6-12(14)13(9-11)16-3/h5-6,9-10,15H,4,7-8H2,1-3H3. The summed E-state index contributed by atoms with van der Waals surface area (Å²) in [7, 11) is 1.49. The fourth-order valence-corrected chi connectivity index (χ4v) is 1.47. The highest BCUT2D eigenvalue weighted by atomic mass is 19.1. The maximum absolute atomic E-state index is 13.1. The molecule has 16 heavy (non-hydrogen) atoms. The summed E-state index contributed by atoms with van der Waals surface area (Å²) in [4.78, 5) is 0. The van der Waals surface area contributed by atoms with Crippen molar-refractivity contribution in [2.45, 2.75) is 32.7 Å². The summed E-state index contributed by atoms with van der Waals surface area (Å²) < 4.78 is 18.1. The molecule has 0 amide bonds. The van der Waals surface area contributed by atoms with Crippen LogP contribution in [0.5, 0.6) is 5.75 Å². The molecule has 1 aromatic rings. The van der Waals surface area contributed by atoms with Crippen molar-refractivity contribution in [2.75, 3.05) is 13.7 Å². The van der Waals surface area contributed by atoms with E-state index < -0.39 is 0 Å². The van der Waals surface area contributed by atoms with E-state index in [1.165, 1.54) is 13.2 Å². The highest BCUT2D eigenvalue weighted by molar-refractivity contribution is 5.30. The molecule has 1 rings (SSSR count). The monoisotopic (exact) mass is 225 g/mol. The summed E-state index contributed by atoms with van der Waals surface area (Å²) in [5.74, 6) is 0.0159. The number of hydrogen-bond donors (Lipinski definition) is 1. The maximum atomic E-state index is 13.1. The van der Waals surface area contributed by atoms with E-state index in [1.807, 2.05) is 0 Å². The van der Waals surface area contributed by atoms with Gasteiger partial charge in [0.25, 0.3) is 0 Å². The predicted molar refractivity (Wildman–Crippen MR) is 64.4 cm³/mol. The Morgan fingerprint density at radius 2 is 2.19 bits per heavy atom. The van der Waals surface area contributed by atoms with Gasteiger partial charge in [0.2, 0.25) is 0 Å². The van der Waals surface area contributed by atoms with Crippen LogP contribution in [-0.2, 0) is 6.42 Å². The first-order valence-electron chi connectivity index (χ1n) is 5.73. The normalized spacial score (nSPS) is 12.5. The summed E-state index contributed by atoms with van der Waals surface area (Å²) in [6, 6.07) is 5.55. The molecule has 1 aromatic carbocycles. The first kappa shape index (κ1) is 13.0. The van der Waals surface area contributed by atoms with Crippen molar-refractivity contribution < 1.29 is 9.13 Å². The molecule has 1 unspecified atom stereocenters. The van der Waals surface area contributed by atoms with Crippen LogP contribution in [0.4, 0.5) is 4.39 Å². The van der Waals surface area contributed by atoms with Crippen LogP contribution in [0.3, 0.4) is 0 Å². The molecule has 0 aliphatic carbocycles. The van der Waals surface area contributed by atoms with E-state index in [0.29, 0.717) is 11.8 Å². The molecule has 0 spiro atoms. The molecule has 2 nitrogen and oxygen atoms in total. The Morgan fingerprint density at radius 3 is 2.81 bits per heavy atom. The third kappa shape index (κ3) is 3.81. The van der Waals surface area contributed by atoms with Gasteiger partial charge in [-0.25, -0.2) is 4.39 Å². The minimum Gasteiger partial charge on any atom is -0.494 e. The van der Waals surface area contributed by atoms with Crippen molar-refractivity contribution in [3.05, 3.63) is 29.6 Å². The second-order valence-corrected chi connectivity index (χ2v) is 3.98. The van der Waals surface area contributed by atoms with Crippen molar-refractivity contribution in [3.63, 3.8) is 0 Å². The molecule has 0 aromatic heterocycles. The third-order valence-electron chi connectivity index (χ3n) is 2.73. The van der Waals surface area contributed by atoms with E-state index in [1.54, 1.807) is 12.1 Å². The van der Waals surface area contributed by atoms with E-state index in [9.17, 15) is 4.39 Å². The van der Waals surface area contributed by atoms with Gasteiger partial charge in [0, 0.05) is 6.04 Å². The molecule has 90 valence electrons. The minimum atomic E-state index is -0.305. The largest absolute Gasteiger partial charge is 0.494 e. The Kier molecular flexibility index (Phi) is 5.26. The first-order valence-corrected chi connectivity index (χ1v) is 5.73. The summed E-state index contributed by atoms with van der Waals surface area (Å²) in [6.07, 6.45) is 2.01. The maximum Gasteiger partial charge on any atom is 0.165 e. The van der Waals surface area contributed by atoms with Crippen molar-refractivity contribution in [2.24, 2.45) is 0 Å². The minimum absolute atomic E-state index is 0.305. The molecule has 0 heterocycles. The number of benzene rings is 1. The zero-order valence-electron chi connectivity index (χ0n) is 10.2. The topological polar surface area (TPSA) is 21.3 Å². The van der Waals surface area contributed by atoms with E-state index in [-0.39, 0.29) is 5.82 Å². The van der Waals surface area contributed by atoms with Gasteiger partial charge in [0.1, 0.15) is 0 Å². The van der Waals surface area contributed by atoms with Gasteiger partial charge in [-0.2, -0.15) is 0 Å². The molecule has 0 aliphatic rings. The van der Waals surface area contributed by atoms with Crippen LogP contribution in [-0.4, -0.2) is 19.7 Å². The summed E-state index contributed by atoms with van der Waals surface area (Å²) >= 11 is 0. The van der Waals surface area contributed by atoms with Gasteiger partial charge in [-0.1, -0.05) is 13.0 Å². The predicted octanol–water partition coefficient (Wildman–Crippen LogP) is 2.76. The van der Waals surface area contributed by atoms with Crippen LogP contribution < -0.4 is 10.1 Å². The number of hydrogen-bond acceptors (Lipinski definition) is 2. The summed E-state index contributed by atoms with van der Waals surface area (Å²) in [5, 5.41) is 3.40. The first-order chi connectivity index (χ1) is 7.67. The molecule has 0 fully saturated rings. The quantitative estimate of drug-likeness (QED) is 0.803. The Balaban J connectivity index is 2.48. The van der Waals surface area contributed by atoms with E-state index in [2.05, 4.69) is 19.2 Å². The average molecular weight is 225 g/mol. The van der Waals surface area contributed by atoms with Crippen molar-refractivity contribution in [3.8, 4) is 5.75 Å². The lowest BCUT2D eigenvalue weighted by molar-refractivity contribution is 0.386. The summed E-state index contributed by atoms with van der Waals surface area (Å²) in [5.41, 5.74) is 1.09. The Bertz CT molecular complexity index is 328. The number of ether oxygens (including phenoxy) is 1. The highest BCUT2D eigenvalue weighted by Crippen LogP contribution is 2.18. The molecule has 0 saturated heterocycles. The molecule has 0 radical (unpaired) electrons. The lowest BCUT2D eigenvalue weighted by Crippen LogP contribution is -2.27. The van der Waals surface area contributed by atoms with Gasteiger partial charge in [0.05, 0.1) is 7.11 Å². The highest BCUT2D eigenvalue weighted by Gasteiger charge is 2.03. The van der Waals surface area contributed by atoms with Crippen molar-refractivity contribution in [1.82, 2.24) is 5.32 Å². The molecule has 1 atom stereocenters. The van der Waals surface area contributed by atoms with Gasteiger partial charge in [-0.3, -0.25) is 0 Å². The third-order valence-corrected chi connectivity index (χ3v) is 2.73. The van der Waals surface area contributed by atoms with Gasteiger partial charge in [-0.15, -0.1) is 0 Å². The molecule has 3 heteroatoms. The van der Waals surface area contributed by atoms with Crippen LogP contribution in [0.1, 0.15) is 25.8 Å². The molecular weight excluding hydrogens is 205 g/mol. The molecule has 0 aliphatic heterocycles. The smallest absolute Gasteiger partial charge is 0.165 e. The second-order valence-electron chi connectivity index (χ2n) is 3.98. The molecular formula is C13H20FNO. The number of nitrogens with one attached hydrogen (secondary N) is 1. The van der Waals surface area contributed by atoms with Crippen molar-refractivity contribution in [1.29, 1.82) is 0 Å². The van der Waals surface area contributed by atoms with E-state index in [0.717, 1.165) is 24.9 Å². The van der Waals surface area contributed by atoms with Gasteiger partial charge < -0.3 is 10.1 Å². The van der Waals surface area contributed by atoms with Crippen LogP contribution in [0.15, 0.2) is 18.2 Å². The molecule has 1 N–H and O–H groups in total. The SMILES string of the molecule is CCC(C)NCCc1ccc(F)c(OC)c1. The molecule has 0 bridgehead atoms. The van der Waals surface area contributed by atoms with Crippen LogP contribution in [0, 0.1) is 5.82 Å². The Hall–Kier alpha value is -1.09. The second kappa shape index (κ2) is 6.48. The zero-order chi connectivity index (χ0) is 12.0. The van der Waals surface area contributed by atoms with Gasteiger partial charge in [0.15, 0.2) is 11.6 Å². The average Bonchev–Trinajstić information content (AvgIpc) is 2.31. The van der Waals surface area contributed by atoms with Crippen LogP contribution >= 0.6 is 0 Å². The van der Waals surface area contributed by atoms with E-state index >= 15 is 0 Å². The number of methoxy groups -OCH3 is 1. The Morgan fingerprint density at radius 1 is 1.44 bits per heavy atom. The zero-order valence-corrected chi connectivity index (χ0v) is 10.2. The fraction of sp³-hybridized carbons (Fsp3) is 0.538. The summed E-state index contributed by atoms with van der Waals surface area (Å²) in [6.45, 7) is 5.22. The number of halogens is 1. The van der Waals surface area contributed by atoms with Gasteiger partial charge >= 0.3 is 0 Å².